The Labute approximate surface area is 142 Å². The van der Waals surface area contributed by atoms with Gasteiger partial charge in [-0.3, -0.25) is 4.79 Å². The van der Waals surface area contributed by atoms with E-state index in [2.05, 4.69) is 13.8 Å². The van der Waals surface area contributed by atoms with Gasteiger partial charge in [-0.25, -0.2) is 0 Å². The molecule has 1 heterocycles. The van der Waals surface area contributed by atoms with Crippen molar-refractivity contribution in [1.82, 2.24) is 4.90 Å². The average molecular weight is 342 g/mol. The predicted octanol–water partition coefficient (Wildman–Crippen LogP) is 2.98. The molecule has 1 atom stereocenters. The number of ether oxygens (including phenoxy) is 2. The lowest BCUT2D eigenvalue weighted by Gasteiger charge is -2.18. The topological polar surface area (TPSA) is 59.0 Å². The number of β-amino-alcohol motifs (C(OH)–C–C–N with tert-alkyl or cyclic N) is 1. The summed E-state index contributed by atoms with van der Waals surface area (Å²) in [6.45, 7) is 5.68. The number of carbonyl (C=O) groups is 1. The second kappa shape index (κ2) is 7.88. The lowest BCUT2D eigenvalue weighted by Crippen LogP contribution is -2.29. The van der Waals surface area contributed by atoms with Crippen LogP contribution in [-0.2, 0) is 0 Å². The largest absolute Gasteiger partial charge is 0.493 e. The van der Waals surface area contributed by atoms with Crippen LogP contribution >= 0.6 is 11.6 Å². The van der Waals surface area contributed by atoms with Gasteiger partial charge in [-0.05, 0) is 30.9 Å². The summed E-state index contributed by atoms with van der Waals surface area (Å²) in [5, 5.41) is 9.93. The van der Waals surface area contributed by atoms with E-state index in [1.807, 2.05) is 0 Å². The molecule has 1 aromatic carbocycles. The first-order valence-corrected chi connectivity index (χ1v) is 8.27. The summed E-state index contributed by atoms with van der Waals surface area (Å²) in [6.07, 6.45) is 1.06. The third-order valence-electron chi connectivity index (χ3n) is 3.87. The molecule has 128 valence electrons. The molecule has 0 aliphatic carbocycles. The van der Waals surface area contributed by atoms with Gasteiger partial charge in [-0.1, -0.05) is 25.4 Å². The van der Waals surface area contributed by atoms with Gasteiger partial charge in [0.15, 0.2) is 11.5 Å². The quantitative estimate of drug-likeness (QED) is 0.864. The number of hydrogen-bond donors (Lipinski definition) is 1. The van der Waals surface area contributed by atoms with Crippen LogP contribution in [0.5, 0.6) is 11.5 Å². The van der Waals surface area contributed by atoms with Crippen molar-refractivity contribution < 1.29 is 19.4 Å². The highest BCUT2D eigenvalue weighted by Crippen LogP contribution is 2.37. The maximum atomic E-state index is 12.5. The zero-order valence-corrected chi connectivity index (χ0v) is 14.6. The Balaban J connectivity index is 2.16. The van der Waals surface area contributed by atoms with Crippen LogP contribution in [0.25, 0.3) is 0 Å². The normalized spacial score (nSPS) is 17.7. The molecule has 1 fully saturated rings. The first-order valence-electron chi connectivity index (χ1n) is 7.90. The summed E-state index contributed by atoms with van der Waals surface area (Å²) in [5.74, 6) is 1.29. The second-order valence-corrected chi connectivity index (χ2v) is 6.62. The number of benzene rings is 1. The molecule has 0 saturated carbocycles. The third kappa shape index (κ3) is 4.52. The first kappa shape index (κ1) is 17.9. The molecule has 0 aromatic heterocycles. The second-order valence-electron chi connectivity index (χ2n) is 6.21. The molecule has 1 saturated heterocycles. The van der Waals surface area contributed by atoms with Crippen LogP contribution in [0.3, 0.4) is 0 Å². The van der Waals surface area contributed by atoms with Gasteiger partial charge in [0.05, 0.1) is 24.8 Å². The Morgan fingerprint density at radius 3 is 2.78 bits per heavy atom. The smallest absolute Gasteiger partial charge is 0.254 e. The van der Waals surface area contributed by atoms with Crippen LogP contribution in [0.1, 0.15) is 37.0 Å². The minimum atomic E-state index is -0.449. The van der Waals surface area contributed by atoms with Gasteiger partial charge >= 0.3 is 0 Å². The van der Waals surface area contributed by atoms with Crippen LogP contribution in [0, 0.1) is 5.92 Å². The van der Waals surface area contributed by atoms with Crippen molar-refractivity contribution in [2.24, 2.45) is 5.92 Å². The number of rotatable bonds is 6. The zero-order valence-electron chi connectivity index (χ0n) is 13.8. The molecule has 2 rings (SSSR count). The number of hydrogen-bond acceptors (Lipinski definition) is 4. The lowest BCUT2D eigenvalue weighted by molar-refractivity contribution is 0.0764. The standard InChI is InChI=1S/C17H24ClNO4/c1-11(2)5-7-23-16-14(18)8-12(9-15(16)22-3)17(21)19-6-4-13(20)10-19/h8-9,11,13,20H,4-7,10H2,1-3H3/t13-/m0/s1. The molecule has 0 spiro atoms. The zero-order chi connectivity index (χ0) is 17.0. The number of amides is 1. The summed E-state index contributed by atoms with van der Waals surface area (Å²) in [7, 11) is 1.52. The fraction of sp³-hybridized carbons (Fsp3) is 0.588. The first-order chi connectivity index (χ1) is 10.9. The molecule has 1 aromatic rings. The van der Waals surface area contributed by atoms with Crippen LogP contribution in [0.15, 0.2) is 12.1 Å². The summed E-state index contributed by atoms with van der Waals surface area (Å²) in [4.78, 5) is 14.1. The maximum Gasteiger partial charge on any atom is 0.254 e. The summed E-state index contributed by atoms with van der Waals surface area (Å²) in [6, 6.07) is 3.24. The van der Waals surface area contributed by atoms with Gasteiger partial charge < -0.3 is 19.5 Å². The van der Waals surface area contributed by atoms with Crippen LogP contribution in [-0.4, -0.2) is 48.8 Å². The van der Waals surface area contributed by atoms with E-state index in [1.54, 1.807) is 17.0 Å². The van der Waals surface area contributed by atoms with Crippen molar-refractivity contribution in [2.45, 2.75) is 32.8 Å². The van der Waals surface area contributed by atoms with Crippen molar-refractivity contribution in [3.8, 4) is 11.5 Å². The summed E-state index contributed by atoms with van der Waals surface area (Å²) >= 11 is 6.28. The Morgan fingerprint density at radius 1 is 1.48 bits per heavy atom. The fourth-order valence-electron chi connectivity index (χ4n) is 2.49. The maximum absolute atomic E-state index is 12.5. The SMILES string of the molecule is COc1cc(C(=O)N2CC[C@H](O)C2)cc(Cl)c1OCCC(C)C. The molecule has 0 unspecified atom stereocenters. The molecule has 1 aliphatic rings. The number of nitrogens with zero attached hydrogens (tertiary/aromatic N) is 1. The van der Waals surface area contributed by atoms with E-state index >= 15 is 0 Å². The predicted molar refractivity (Wildman–Crippen MR) is 89.5 cm³/mol. The van der Waals surface area contributed by atoms with Crippen molar-refractivity contribution in [1.29, 1.82) is 0 Å². The van der Waals surface area contributed by atoms with E-state index < -0.39 is 6.10 Å². The Bertz CT molecular complexity index is 562. The van der Waals surface area contributed by atoms with Crippen molar-refractivity contribution in [3.63, 3.8) is 0 Å². The highest BCUT2D eigenvalue weighted by Gasteiger charge is 2.26. The van der Waals surface area contributed by atoms with Crippen molar-refractivity contribution in [3.05, 3.63) is 22.7 Å². The molecule has 23 heavy (non-hydrogen) atoms. The Kier molecular flexibility index (Phi) is 6.13. The summed E-state index contributed by atoms with van der Waals surface area (Å²) < 4.78 is 11.1. The van der Waals surface area contributed by atoms with Crippen molar-refractivity contribution >= 4 is 17.5 Å². The van der Waals surface area contributed by atoms with E-state index in [4.69, 9.17) is 21.1 Å². The van der Waals surface area contributed by atoms with Crippen LogP contribution in [0.4, 0.5) is 0 Å². The van der Waals surface area contributed by atoms with Gasteiger partial charge in [-0.2, -0.15) is 0 Å². The van der Waals surface area contributed by atoms with Gasteiger partial charge in [0.25, 0.3) is 5.91 Å². The number of aliphatic hydroxyl groups is 1. The number of carbonyl (C=O) groups excluding carboxylic acids is 1. The molecule has 1 amide bonds. The average Bonchev–Trinajstić information content (AvgIpc) is 2.93. The summed E-state index contributed by atoms with van der Waals surface area (Å²) in [5.41, 5.74) is 0.442. The van der Waals surface area contributed by atoms with E-state index in [1.165, 1.54) is 7.11 Å². The number of likely N-dealkylation sites (tertiary alicyclic amines) is 1. The lowest BCUT2D eigenvalue weighted by atomic mass is 10.1. The fourth-order valence-corrected chi connectivity index (χ4v) is 2.75. The van der Waals surface area contributed by atoms with Gasteiger partial charge in [-0.15, -0.1) is 0 Å². The van der Waals surface area contributed by atoms with Crippen LogP contribution < -0.4 is 9.47 Å². The molecule has 1 N–H and O–H groups in total. The molecular weight excluding hydrogens is 318 g/mol. The van der Waals surface area contributed by atoms with E-state index in [0.717, 1.165) is 6.42 Å². The van der Waals surface area contributed by atoms with Crippen molar-refractivity contribution in [2.75, 3.05) is 26.8 Å². The van der Waals surface area contributed by atoms with Gasteiger partial charge in [0.2, 0.25) is 0 Å². The van der Waals surface area contributed by atoms with E-state index in [0.29, 0.717) is 54.1 Å². The van der Waals surface area contributed by atoms with E-state index in [-0.39, 0.29) is 5.91 Å². The van der Waals surface area contributed by atoms with Gasteiger partial charge in [0, 0.05) is 18.7 Å². The Hall–Kier alpha value is -1.46. The van der Waals surface area contributed by atoms with E-state index in [9.17, 15) is 9.90 Å². The Morgan fingerprint density at radius 2 is 2.22 bits per heavy atom. The highest BCUT2D eigenvalue weighted by atomic mass is 35.5. The monoisotopic (exact) mass is 341 g/mol. The molecule has 1 aliphatic heterocycles. The number of aliphatic hydroxyl groups excluding tert-OH is 1. The molecule has 0 radical (unpaired) electrons. The number of methoxy groups -OCH3 is 1. The molecular formula is C17H24ClNO4. The molecule has 6 heteroatoms. The minimum Gasteiger partial charge on any atom is -0.493 e. The van der Waals surface area contributed by atoms with Crippen LogP contribution in [0.2, 0.25) is 5.02 Å². The third-order valence-corrected chi connectivity index (χ3v) is 4.15. The highest BCUT2D eigenvalue weighted by molar-refractivity contribution is 6.32. The number of halogens is 1. The van der Waals surface area contributed by atoms with Gasteiger partial charge in [0.1, 0.15) is 0 Å². The molecule has 5 nitrogen and oxygen atoms in total. The molecule has 0 bridgehead atoms. The minimum absolute atomic E-state index is 0.157.